The Morgan fingerprint density at radius 1 is 1.26 bits per heavy atom. The molecule has 1 aliphatic rings. The van der Waals surface area contributed by atoms with Gasteiger partial charge in [-0.2, -0.15) is 10.2 Å². The first-order valence-corrected chi connectivity index (χ1v) is 9.40. The van der Waals surface area contributed by atoms with Crippen LogP contribution in [0.5, 0.6) is 0 Å². The second-order valence-electron chi connectivity index (χ2n) is 7.15. The fourth-order valence-electron chi connectivity index (χ4n) is 3.62. The second-order valence-corrected chi connectivity index (χ2v) is 7.15. The zero-order valence-corrected chi connectivity index (χ0v) is 15.7. The molecule has 3 aromatic rings. The summed E-state index contributed by atoms with van der Waals surface area (Å²) < 4.78 is 1.82. The van der Waals surface area contributed by atoms with Gasteiger partial charge >= 0.3 is 0 Å². The lowest BCUT2D eigenvalue weighted by atomic mass is 9.95. The number of aryl methyl sites for hydroxylation is 3. The number of H-pyrrole nitrogens is 1. The maximum Gasteiger partial charge on any atom is 0.226 e. The van der Waals surface area contributed by atoms with Crippen LogP contribution in [0, 0.1) is 13.8 Å². The van der Waals surface area contributed by atoms with Crippen molar-refractivity contribution in [1.29, 1.82) is 0 Å². The minimum atomic E-state index is -0.0162. The van der Waals surface area contributed by atoms with Crippen LogP contribution >= 0.6 is 0 Å². The van der Waals surface area contributed by atoms with E-state index >= 15 is 0 Å². The van der Waals surface area contributed by atoms with Crippen molar-refractivity contribution in [3.8, 4) is 5.82 Å². The number of aromatic amines is 1. The Balaban J connectivity index is 1.35. The molecule has 0 unspecified atom stereocenters. The maximum atomic E-state index is 12.3. The van der Waals surface area contributed by atoms with Crippen LogP contribution in [-0.4, -0.2) is 30.9 Å². The van der Waals surface area contributed by atoms with Crippen molar-refractivity contribution in [1.82, 2.24) is 30.3 Å². The number of fused-ring (bicyclic) bond motifs is 1. The summed E-state index contributed by atoms with van der Waals surface area (Å²) in [5.74, 6) is 0.760. The number of carbonyl (C=O) groups excluding carboxylic acids is 1. The summed E-state index contributed by atoms with van der Waals surface area (Å²) in [5.41, 5.74) is 6.30. The fraction of sp³-hybridized carbons (Fsp3) is 0.400. The smallest absolute Gasteiger partial charge is 0.226 e. The van der Waals surface area contributed by atoms with E-state index in [0.29, 0.717) is 13.0 Å². The number of amides is 1. The number of nitrogens with one attached hydrogen (secondary N) is 2. The average Bonchev–Trinajstić information content (AvgIpc) is 3.23. The molecule has 140 valence electrons. The number of aromatic nitrogens is 5. The molecule has 7 heteroatoms. The normalized spacial score (nSPS) is 13.4. The van der Waals surface area contributed by atoms with Gasteiger partial charge < -0.3 is 5.32 Å². The molecule has 0 fully saturated rings. The lowest BCUT2D eigenvalue weighted by molar-refractivity contribution is -0.120. The van der Waals surface area contributed by atoms with Gasteiger partial charge in [-0.1, -0.05) is 6.07 Å². The van der Waals surface area contributed by atoms with Gasteiger partial charge in [-0.05, 0) is 62.8 Å². The summed E-state index contributed by atoms with van der Waals surface area (Å²) in [6.07, 6.45) is 6.53. The molecule has 27 heavy (non-hydrogen) atoms. The zero-order chi connectivity index (χ0) is 18.8. The highest BCUT2D eigenvalue weighted by molar-refractivity contribution is 5.78. The summed E-state index contributed by atoms with van der Waals surface area (Å²) in [6, 6.07) is 5.91. The van der Waals surface area contributed by atoms with Crippen LogP contribution in [0.2, 0.25) is 0 Å². The highest BCUT2D eigenvalue weighted by Gasteiger charge is 2.18. The minimum absolute atomic E-state index is 0.0162. The van der Waals surface area contributed by atoms with E-state index in [9.17, 15) is 4.79 Å². The molecule has 0 spiro atoms. The molecule has 4 rings (SSSR count). The molecule has 0 aliphatic heterocycles. The highest BCUT2D eigenvalue weighted by Crippen LogP contribution is 2.22. The molecule has 3 aromatic heterocycles. The van der Waals surface area contributed by atoms with Gasteiger partial charge in [-0.15, -0.1) is 0 Å². The maximum absolute atomic E-state index is 12.3. The molecule has 1 aliphatic carbocycles. The Hall–Kier alpha value is -2.96. The van der Waals surface area contributed by atoms with Crippen LogP contribution in [-0.2, 0) is 30.6 Å². The number of hydrogen-bond donors (Lipinski definition) is 2. The summed E-state index contributed by atoms with van der Waals surface area (Å²) in [4.78, 5) is 16.8. The largest absolute Gasteiger partial charge is 0.352 e. The Labute approximate surface area is 158 Å². The standard InChI is InChI=1S/C20H24N6O/c1-13-9-14(2)26(25-13)19-8-7-15(11-21-19)12-22-20(27)10-18-16-5-3-4-6-17(16)23-24-18/h7-9,11H,3-6,10,12H2,1-2H3,(H,22,27)(H,23,24). The van der Waals surface area contributed by atoms with E-state index in [1.807, 2.05) is 36.7 Å². The van der Waals surface area contributed by atoms with Gasteiger partial charge in [0.15, 0.2) is 5.82 Å². The van der Waals surface area contributed by atoms with Gasteiger partial charge in [-0.3, -0.25) is 9.89 Å². The van der Waals surface area contributed by atoms with Gasteiger partial charge in [0.1, 0.15) is 0 Å². The number of rotatable bonds is 5. The molecule has 0 saturated carbocycles. The molecular weight excluding hydrogens is 340 g/mol. The van der Waals surface area contributed by atoms with E-state index in [0.717, 1.165) is 41.3 Å². The highest BCUT2D eigenvalue weighted by atomic mass is 16.1. The minimum Gasteiger partial charge on any atom is -0.352 e. The zero-order valence-electron chi connectivity index (χ0n) is 15.7. The monoisotopic (exact) mass is 364 g/mol. The van der Waals surface area contributed by atoms with Gasteiger partial charge in [-0.25, -0.2) is 9.67 Å². The average molecular weight is 364 g/mol. The molecule has 0 bridgehead atoms. The summed E-state index contributed by atoms with van der Waals surface area (Å²) in [7, 11) is 0. The number of carbonyl (C=O) groups is 1. The van der Waals surface area contributed by atoms with E-state index in [1.165, 1.54) is 24.1 Å². The second kappa shape index (κ2) is 7.34. The molecule has 0 aromatic carbocycles. The van der Waals surface area contributed by atoms with Crippen LogP contribution in [0.1, 0.15) is 46.7 Å². The van der Waals surface area contributed by atoms with Crippen molar-refractivity contribution < 1.29 is 4.79 Å². The van der Waals surface area contributed by atoms with E-state index in [4.69, 9.17) is 0 Å². The van der Waals surface area contributed by atoms with Crippen molar-refractivity contribution in [2.24, 2.45) is 0 Å². The molecule has 0 saturated heterocycles. The molecule has 2 N–H and O–H groups in total. The lowest BCUT2D eigenvalue weighted by Crippen LogP contribution is -2.25. The lowest BCUT2D eigenvalue weighted by Gasteiger charge is -2.11. The number of pyridine rings is 1. The summed E-state index contributed by atoms with van der Waals surface area (Å²) in [6.45, 7) is 4.42. The Bertz CT molecular complexity index is 954. The van der Waals surface area contributed by atoms with E-state index in [2.05, 4.69) is 25.6 Å². The summed E-state index contributed by atoms with van der Waals surface area (Å²) in [5, 5.41) is 14.8. The first kappa shape index (κ1) is 17.5. The Kier molecular flexibility index (Phi) is 4.75. The van der Waals surface area contributed by atoms with Crippen molar-refractivity contribution in [2.45, 2.75) is 52.5 Å². The first-order valence-electron chi connectivity index (χ1n) is 9.40. The Morgan fingerprint density at radius 2 is 2.11 bits per heavy atom. The van der Waals surface area contributed by atoms with Crippen LogP contribution in [0.3, 0.4) is 0 Å². The third kappa shape index (κ3) is 3.77. The van der Waals surface area contributed by atoms with E-state index < -0.39 is 0 Å². The molecule has 1 amide bonds. The third-order valence-corrected chi connectivity index (χ3v) is 5.00. The quantitative estimate of drug-likeness (QED) is 0.727. The SMILES string of the molecule is Cc1cc(C)n(-c2ccc(CNC(=O)Cc3n[nH]c4c3CCCC4)cn2)n1. The van der Waals surface area contributed by atoms with Gasteiger partial charge in [0.2, 0.25) is 5.91 Å². The predicted octanol–water partition coefficient (Wildman–Crippen LogP) is 2.34. The van der Waals surface area contributed by atoms with Crippen LogP contribution in [0.15, 0.2) is 24.4 Å². The van der Waals surface area contributed by atoms with E-state index in [1.54, 1.807) is 6.20 Å². The molecule has 0 radical (unpaired) electrons. The number of hydrogen-bond acceptors (Lipinski definition) is 4. The van der Waals surface area contributed by atoms with Gasteiger partial charge in [0.25, 0.3) is 0 Å². The third-order valence-electron chi connectivity index (χ3n) is 5.00. The van der Waals surface area contributed by atoms with Crippen LogP contribution in [0.25, 0.3) is 5.82 Å². The molecule has 7 nitrogen and oxygen atoms in total. The van der Waals surface area contributed by atoms with Crippen LogP contribution in [0.4, 0.5) is 0 Å². The molecule has 3 heterocycles. The first-order chi connectivity index (χ1) is 13.1. The molecule has 0 atom stereocenters. The summed E-state index contributed by atoms with van der Waals surface area (Å²) >= 11 is 0. The van der Waals surface area contributed by atoms with Crippen molar-refractivity contribution in [2.75, 3.05) is 0 Å². The van der Waals surface area contributed by atoms with Gasteiger partial charge in [0.05, 0.1) is 17.8 Å². The predicted molar refractivity (Wildman–Crippen MR) is 102 cm³/mol. The fourth-order valence-corrected chi connectivity index (χ4v) is 3.62. The molecular formula is C20H24N6O. The van der Waals surface area contributed by atoms with Crippen LogP contribution < -0.4 is 5.32 Å². The van der Waals surface area contributed by atoms with E-state index in [-0.39, 0.29) is 5.91 Å². The Morgan fingerprint density at radius 3 is 2.85 bits per heavy atom. The van der Waals surface area contributed by atoms with Gasteiger partial charge in [0, 0.05) is 24.1 Å². The van der Waals surface area contributed by atoms with Crippen molar-refractivity contribution >= 4 is 5.91 Å². The topological polar surface area (TPSA) is 88.5 Å². The number of nitrogens with zero attached hydrogens (tertiary/aromatic N) is 4. The van der Waals surface area contributed by atoms with Crippen molar-refractivity contribution in [3.63, 3.8) is 0 Å². The van der Waals surface area contributed by atoms with Crippen molar-refractivity contribution in [3.05, 3.63) is 58.3 Å².